The average Bonchev–Trinajstić information content (AvgIpc) is 1.94. The molecule has 1 aromatic rings. The van der Waals surface area contributed by atoms with E-state index in [-0.39, 0.29) is 5.69 Å². The number of anilines is 1. The lowest BCUT2D eigenvalue weighted by atomic mass is 9.95. The molecule has 1 aromatic carbocycles. The van der Waals surface area contributed by atoms with Gasteiger partial charge in [-0.1, -0.05) is 11.5 Å². The highest BCUT2D eigenvalue weighted by molar-refractivity contribution is 6.32. The molecule has 0 unspecified atom stereocenters. The lowest BCUT2D eigenvalue weighted by Gasteiger charge is -1.96. The van der Waals surface area contributed by atoms with E-state index in [1.54, 1.807) is 12.1 Å². The Kier molecular flexibility index (Phi) is 1.71. The summed E-state index contributed by atoms with van der Waals surface area (Å²) in [4.78, 5) is 9.99. The predicted octanol–water partition coefficient (Wildman–Crippen LogP) is 0.461. The average molecular weight is 132 g/mol. The van der Waals surface area contributed by atoms with Crippen LogP contribution in [0.25, 0.3) is 0 Å². The number of nitrogens with two attached hydrogens (primary N) is 1. The third kappa shape index (κ3) is 1.15. The van der Waals surface area contributed by atoms with Gasteiger partial charge in [0.2, 0.25) is 0 Å². The van der Waals surface area contributed by atoms with Gasteiger partial charge in [-0.25, -0.2) is 0 Å². The molecule has 3 nitrogen and oxygen atoms in total. The maximum absolute atomic E-state index is 9.99. The van der Waals surface area contributed by atoms with E-state index in [9.17, 15) is 4.91 Å². The van der Waals surface area contributed by atoms with Crippen LogP contribution < -0.4 is 11.2 Å². The van der Waals surface area contributed by atoms with E-state index in [0.29, 0.717) is 11.2 Å². The summed E-state index contributed by atoms with van der Waals surface area (Å²) in [6.07, 6.45) is 0. The van der Waals surface area contributed by atoms with Crippen molar-refractivity contribution in [3.63, 3.8) is 0 Å². The van der Waals surface area contributed by atoms with Crippen LogP contribution in [0.15, 0.2) is 23.4 Å². The van der Waals surface area contributed by atoms with E-state index < -0.39 is 0 Å². The zero-order valence-electron chi connectivity index (χ0n) is 5.24. The van der Waals surface area contributed by atoms with E-state index >= 15 is 0 Å². The minimum Gasteiger partial charge on any atom is -0.397 e. The van der Waals surface area contributed by atoms with E-state index in [4.69, 9.17) is 13.6 Å². The van der Waals surface area contributed by atoms with Crippen LogP contribution in [-0.2, 0) is 0 Å². The molecule has 0 aliphatic heterocycles. The number of nitrogen functional groups attached to an aromatic ring is 1. The van der Waals surface area contributed by atoms with Gasteiger partial charge >= 0.3 is 0 Å². The Balaban J connectivity index is 3.21. The van der Waals surface area contributed by atoms with Crippen molar-refractivity contribution in [1.82, 2.24) is 0 Å². The summed E-state index contributed by atoms with van der Waals surface area (Å²) in [6, 6.07) is 4.60. The maximum atomic E-state index is 9.99. The lowest BCUT2D eigenvalue weighted by Crippen LogP contribution is -2.01. The number of hydrogen-bond acceptors (Lipinski definition) is 3. The van der Waals surface area contributed by atoms with Gasteiger partial charge in [0, 0.05) is 0 Å². The zero-order valence-corrected chi connectivity index (χ0v) is 5.24. The molecule has 0 bridgehead atoms. The van der Waals surface area contributed by atoms with E-state index in [1.165, 1.54) is 6.07 Å². The van der Waals surface area contributed by atoms with Crippen molar-refractivity contribution in [2.24, 2.45) is 5.18 Å². The van der Waals surface area contributed by atoms with Crippen LogP contribution in [-0.4, -0.2) is 7.85 Å². The van der Waals surface area contributed by atoms with Crippen LogP contribution in [0.1, 0.15) is 0 Å². The van der Waals surface area contributed by atoms with E-state index in [1.807, 2.05) is 0 Å². The molecule has 10 heavy (non-hydrogen) atoms. The standard InChI is InChI=1S/C6H5BN2O/c7-4-1-2-5(8)6(3-4)9-10/h1-3H,8H2. The van der Waals surface area contributed by atoms with E-state index in [2.05, 4.69) is 5.18 Å². The van der Waals surface area contributed by atoms with Crippen molar-refractivity contribution < 1.29 is 0 Å². The molecule has 0 amide bonds. The van der Waals surface area contributed by atoms with Gasteiger partial charge in [0.05, 0.1) is 5.69 Å². The van der Waals surface area contributed by atoms with E-state index in [0.717, 1.165) is 0 Å². The van der Waals surface area contributed by atoms with Gasteiger partial charge in [0.1, 0.15) is 13.5 Å². The molecule has 0 saturated carbocycles. The molecule has 0 aliphatic rings. The molecular weight excluding hydrogens is 127 g/mol. The minimum absolute atomic E-state index is 0.194. The number of nitroso groups, excluding NO2 is 1. The van der Waals surface area contributed by atoms with Crippen LogP contribution in [0.2, 0.25) is 0 Å². The largest absolute Gasteiger partial charge is 0.397 e. The molecule has 0 saturated heterocycles. The third-order valence-corrected chi connectivity index (χ3v) is 1.15. The number of rotatable bonds is 1. The van der Waals surface area contributed by atoms with Gasteiger partial charge in [-0.3, -0.25) is 0 Å². The molecule has 0 spiro atoms. The van der Waals surface area contributed by atoms with Crippen molar-refractivity contribution in [2.75, 3.05) is 5.73 Å². The lowest BCUT2D eigenvalue weighted by molar-refractivity contribution is 1.51. The van der Waals surface area contributed by atoms with Gasteiger partial charge in [-0.15, -0.1) is 4.91 Å². The topological polar surface area (TPSA) is 55.4 Å². The summed E-state index contributed by atoms with van der Waals surface area (Å²) in [5.41, 5.74) is 6.39. The second kappa shape index (κ2) is 2.52. The third-order valence-electron chi connectivity index (χ3n) is 1.15. The first-order valence-electron chi connectivity index (χ1n) is 2.72. The maximum Gasteiger partial charge on any atom is 0.130 e. The number of nitrogens with zero attached hydrogens (tertiary/aromatic N) is 1. The van der Waals surface area contributed by atoms with Gasteiger partial charge < -0.3 is 5.73 Å². The SMILES string of the molecule is [B]c1ccc(N)c(N=O)c1. The Morgan fingerprint density at radius 3 is 2.70 bits per heavy atom. The van der Waals surface area contributed by atoms with Crippen molar-refractivity contribution in [1.29, 1.82) is 0 Å². The molecule has 0 fully saturated rings. The molecule has 48 valence electrons. The Bertz CT molecular complexity index is 262. The molecule has 4 heteroatoms. The molecule has 1 rings (SSSR count). The van der Waals surface area contributed by atoms with Gasteiger partial charge in [0.25, 0.3) is 0 Å². The summed E-state index contributed by atoms with van der Waals surface area (Å²) in [6.45, 7) is 0. The summed E-state index contributed by atoms with van der Waals surface area (Å²) < 4.78 is 0. The first-order chi connectivity index (χ1) is 4.74. The molecule has 2 radical (unpaired) electrons. The number of hydrogen-bond donors (Lipinski definition) is 1. The van der Waals surface area contributed by atoms with Gasteiger partial charge in [-0.2, -0.15) is 0 Å². The Labute approximate surface area is 59.6 Å². The smallest absolute Gasteiger partial charge is 0.130 e. The van der Waals surface area contributed by atoms with Crippen molar-refractivity contribution >= 4 is 24.7 Å². The van der Waals surface area contributed by atoms with Gasteiger partial charge in [-0.05, 0) is 17.3 Å². The highest BCUT2D eigenvalue weighted by Crippen LogP contribution is 2.17. The minimum atomic E-state index is 0.194. The Morgan fingerprint density at radius 2 is 2.20 bits per heavy atom. The molecule has 0 aliphatic carbocycles. The van der Waals surface area contributed by atoms with Crippen LogP contribution in [0.4, 0.5) is 11.4 Å². The molecule has 0 atom stereocenters. The van der Waals surface area contributed by atoms with Crippen LogP contribution in [0, 0.1) is 4.91 Å². The first-order valence-corrected chi connectivity index (χ1v) is 2.72. The summed E-state index contributed by atoms with van der Waals surface area (Å²) in [7, 11) is 5.35. The molecule has 2 N–H and O–H groups in total. The first kappa shape index (κ1) is 6.80. The second-order valence-corrected chi connectivity index (χ2v) is 1.91. The molecule has 0 heterocycles. The van der Waals surface area contributed by atoms with Gasteiger partial charge in [0.15, 0.2) is 0 Å². The fourth-order valence-corrected chi connectivity index (χ4v) is 0.640. The van der Waals surface area contributed by atoms with Crippen molar-refractivity contribution in [2.45, 2.75) is 0 Å². The fourth-order valence-electron chi connectivity index (χ4n) is 0.640. The molecular formula is C6H5BN2O. The second-order valence-electron chi connectivity index (χ2n) is 1.91. The zero-order chi connectivity index (χ0) is 7.56. The van der Waals surface area contributed by atoms with Crippen molar-refractivity contribution in [3.8, 4) is 0 Å². The summed E-state index contributed by atoms with van der Waals surface area (Å²) in [5.74, 6) is 0. The highest BCUT2D eigenvalue weighted by atomic mass is 16.3. The van der Waals surface area contributed by atoms with Crippen LogP contribution in [0.5, 0.6) is 0 Å². The summed E-state index contributed by atoms with van der Waals surface area (Å²) >= 11 is 0. The molecule has 0 aromatic heterocycles. The predicted molar refractivity (Wildman–Crippen MR) is 41.7 cm³/mol. The fraction of sp³-hybridized carbons (Fsp3) is 0. The quantitative estimate of drug-likeness (QED) is 0.342. The Morgan fingerprint density at radius 1 is 1.50 bits per heavy atom. The van der Waals surface area contributed by atoms with Crippen molar-refractivity contribution in [3.05, 3.63) is 23.1 Å². The van der Waals surface area contributed by atoms with Crippen LogP contribution >= 0.6 is 0 Å². The normalized spacial score (nSPS) is 9.20. The Hall–Kier alpha value is -1.32. The monoisotopic (exact) mass is 132 g/mol. The summed E-state index contributed by atoms with van der Waals surface area (Å²) in [5, 5.41) is 2.68. The van der Waals surface area contributed by atoms with Crippen LogP contribution in [0.3, 0.4) is 0 Å². The highest BCUT2D eigenvalue weighted by Gasteiger charge is 1.96. The number of benzene rings is 1.